The van der Waals surface area contributed by atoms with Gasteiger partial charge < -0.3 is 15.2 Å². The van der Waals surface area contributed by atoms with Crippen molar-refractivity contribution in [3.05, 3.63) is 48.0 Å². The number of nitrogens with two attached hydrogens (primary N) is 1. The predicted molar refractivity (Wildman–Crippen MR) is 91.5 cm³/mol. The van der Waals surface area contributed by atoms with E-state index in [1.165, 1.54) is 6.07 Å². The van der Waals surface area contributed by atoms with Gasteiger partial charge in [0.05, 0.1) is 5.56 Å². The van der Waals surface area contributed by atoms with E-state index in [-0.39, 0.29) is 18.4 Å². The van der Waals surface area contributed by atoms with Gasteiger partial charge in [-0.1, -0.05) is 24.3 Å². The fraction of sp³-hybridized carbons (Fsp3) is 0.222. The number of nitrogens with zero attached hydrogens (tertiary/aromatic N) is 2. The summed E-state index contributed by atoms with van der Waals surface area (Å²) in [6, 6.07) is 10.4. The van der Waals surface area contributed by atoms with Gasteiger partial charge in [-0.15, -0.1) is 10.2 Å². The van der Waals surface area contributed by atoms with E-state index in [1.54, 1.807) is 31.2 Å². The fourth-order valence-electron chi connectivity index (χ4n) is 2.53. The first-order chi connectivity index (χ1) is 12.4. The molecule has 8 heteroatoms. The van der Waals surface area contributed by atoms with E-state index in [0.717, 1.165) is 12.1 Å². The molecule has 0 radical (unpaired) electrons. The Kier molecular flexibility index (Phi) is 4.94. The summed E-state index contributed by atoms with van der Waals surface area (Å²) in [5.74, 6) is 0.255. The molecule has 26 heavy (non-hydrogen) atoms. The average Bonchev–Trinajstić information content (AvgIpc) is 2.62. The first kappa shape index (κ1) is 17.9. The van der Waals surface area contributed by atoms with Crippen molar-refractivity contribution in [2.45, 2.75) is 13.1 Å². The molecule has 0 fully saturated rings. The first-order valence-corrected chi connectivity index (χ1v) is 7.85. The molecule has 0 saturated carbocycles. The Bertz CT molecular complexity index is 929. The minimum Gasteiger partial charge on any atom is -0.467 e. The zero-order valence-corrected chi connectivity index (χ0v) is 13.9. The van der Waals surface area contributed by atoms with Gasteiger partial charge in [0, 0.05) is 22.9 Å². The lowest BCUT2D eigenvalue weighted by Crippen LogP contribution is -2.08. The zero-order chi connectivity index (χ0) is 18.7. The Morgan fingerprint density at radius 2 is 1.77 bits per heavy atom. The van der Waals surface area contributed by atoms with E-state index in [1.807, 2.05) is 0 Å². The molecule has 0 spiro atoms. The lowest BCUT2D eigenvalue weighted by Gasteiger charge is -2.15. The third-order valence-electron chi connectivity index (χ3n) is 3.78. The molecule has 1 heterocycles. The molecule has 0 aliphatic heterocycles. The van der Waals surface area contributed by atoms with Crippen molar-refractivity contribution in [1.29, 1.82) is 0 Å². The molecular weight excluding hydrogens is 347 g/mol. The molecule has 0 unspecified atom stereocenters. The quantitative estimate of drug-likeness (QED) is 0.541. The van der Waals surface area contributed by atoms with Crippen molar-refractivity contribution < 1.29 is 22.6 Å². The van der Waals surface area contributed by atoms with Crippen molar-refractivity contribution in [3.63, 3.8) is 0 Å². The summed E-state index contributed by atoms with van der Waals surface area (Å²) in [7, 11) is 0. The molecule has 0 aliphatic rings. The zero-order valence-electron chi connectivity index (χ0n) is 13.9. The highest BCUT2D eigenvalue weighted by atomic mass is 19.4. The summed E-state index contributed by atoms with van der Waals surface area (Å²) in [5.41, 5.74) is 5.79. The molecular formula is C18H16F3N3O2. The molecule has 0 aliphatic carbocycles. The van der Waals surface area contributed by atoms with Crippen LogP contribution < -0.4 is 10.5 Å². The van der Waals surface area contributed by atoms with Gasteiger partial charge in [-0.25, -0.2) is 0 Å². The summed E-state index contributed by atoms with van der Waals surface area (Å²) in [5, 5.41) is 9.32. The number of rotatable bonds is 5. The maximum atomic E-state index is 13.1. The number of nitrogen functional groups attached to an aromatic ring is 1. The Hall–Kier alpha value is -2.87. The second-order valence-corrected chi connectivity index (χ2v) is 5.44. The van der Waals surface area contributed by atoms with Crippen LogP contribution in [0.4, 0.5) is 19.0 Å². The highest BCUT2D eigenvalue weighted by Gasteiger charge is 2.31. The number of halogens is 3. The van der Waals surface area contributed by atoms with Crippen LogP contribution in [0, 0.1) is 0 Å². The lowest BCUT2D eigenvalue weighted by molar-refractivity contribution is -0.137. The molecule has 0 amide bonds. The number of hydrogen-bond donors (Lipinski definition) is 1. The highest BCUT2D eigenvalue weighted by molar-refractivity contribution is 6.00. The fourth-order valence-corrected chi connectivity index (χ4v) is 2.53. The molecule has 3 aromatic rings. The number of ether oxygens (including phenoxy) is 2. The summed E-state index contributed by atoms with van der Waals surface area (Å²) in [6.45, 7) is 1.96. The normalized spacial score (nSPS) is 11.7. The van der Waals surface area contributed by atoms with Crippen LogP contribution in [-0.2, 0) is 10.9 Å². The summed E-state index contributed by atoms with van der Waals surface area (Å²) in [6.07, 6.45) is -4.49. The van der Waals surface area contributed by atoms with Crippen LogP contribution in [0.3, 0.4) is 0 Å². The predicted octanol–water partition coefficient (Wildman–Crippen LogP) is 4.27. The number of alkyl halides is 3. The van der Waals surface area contributed by atoms with E-state index in [9.17, 15) is 13.2 Å². The van der Waals surface area contributed by atoms with Gasteiger partial charge in [0.15, 0.2) is 12.6 Å². The molecule has 5 nitrogen and oxygen atoms in total. The minimum atomic E-state index is -4.49. The third-order valence-corrected chi connectivity index (χ3v) is 3.78. The molecule has 3 rings (SSSR count). The van der Waals surface area contributed by atoms with Crippen LogP contribution in [0.2, 0.25) is 0 Å². The second-order valence-electron chi connectivity index (χ2n) is 5.44. The van der Waals surface area contributed by atoms with Gasteiger partial charge in [0.2, 0.25) is 0 Å². The summed E-state index contributed by atoms with van der Waals surface area (Å²) in [4.78, 5) is 0. The summed E-state index contributed by atoms with van der Waals surface area (Å²) < 4.78 is 49.7. The van der Waals surface area contributed by atoms with E-state index in [2.05, 4.69) is 10.2 Å². The smallest absolute Gasteiger partial charge is 0.416 e. The summed E-state index contributed by atoms with van der Waals surface area (Å²) >= 11 is 0. The largest absolute Gasteiger partial charge is 0.467 e. The van der Waals surface area contributed by atoms with Crippen LogP contribution >= 0.6 is 0 Å². The number of fused-ring (bicyclic) bond motifs is 1. The van der Waals surface area contributed by atoms with Gasteiger partial charge in [0.25, 0.3) is 0 Å². The Morgan fingerprint density at radius 1 is 1.04 bits per heavy atom. The van der Waals surface area contributed by atoms with E-state index >= 15 is 0 Å². The lowest BCUT2D eigenvalue weighted by atomic mass is 10.0. The van der Waals surface area contributed by atoms with Gasteiger partial charge in [-0.05, 0) is 25.1 Å². The van der Waals surface area contributed by atoms with E-state index in [0.29, 0.717) is 28.6 Å². The number of hydrogen-bond acceptors (Lipinski definition) is 5. The molecule has 1 aromatic heterocycles. The Labute approximate surface area is 147 Å². The van der Waals surface area contributed by atoms with Crippen molar-refractivity contribution in [2.24, 2.45) is 0 Å². The van der Waals surface area contributed by atoms with E-state index < -0.39 is 11.7 Å². The first-order valence-electron chi connectivity index (χ1n) is 7.85. The standard InChI is InChI=1S/C18H16F3N3O2/c1-2-25-10-26-15-9-11(18(19,20)21)7-8-14(15)16-12-5-3-4-6-13(12)17(22)24-23-16/h3-9H,2,10H2,1H3,(H2,22,24). The van der Waals surface area contributed by atoms with Gasteiger partial charge in [-0.2, -0.15) is 13.2 Å². The van der Waals surface area contributed by atoms with Crippen LogP contribution in [0.15, 0.2) is 42.5 Å². The average molecular weight is 363 g/mol. The van der Waals surface area contributed by atoms with Crippen molar-refractivity contribution >= 4 is 16.6 Å². The van der Waals surface area contributed by atoms with Gasteiger partial charge >= 0.3 is 6.18 Å². The van der Waals surface area contributed by atoms with Crippen molar-refractivity contribution in [1.82, 2.24) is 10.2 Å². The van der Waals surface area contributed by atoms with Crippen LogP contribution in [0.5, 0.6) is 5.75 Å². The van der Waals surface area contributed by atoms with Crippen LogP contribution in [-0.4, -0.2) is 23.6 Å². The number of benzene rings is 2. The number of aromatic nitrogens is 2. The Morgan fingerprint density at radius 3 is 2.46 bits per heavy atom. The topological polar surface area (TPSA) is 70.3 Å². The Balaban J connectivity index is 2.16. The third kappa shape index (κ3) is 3.55. The van der Waals surface area contributed by atoms with Crippen molar-refractivity contribution in [3.8, 4) is 17.0 Å². The molecule has 0 atom stereocenters. The molecule has 2 N–H and O–H groups in total. The van der Waals surface area contributed by atoms with Gasteiger partial charge in [-0.3, -0.25) is 0 Å². The van der Waals surface area contributed by atoms with E-state index in [4.69, 9.17) is 15.2 Å². The van der Waals surface area contributed by atoms with Crippen molar-refractivity contribution in [2.75, 3.05) is 19.1 Å². The SMILES string of the molecule is CCOCOc1cc(C(F)(F)F)ccc1-c1nnc(N)c2ccccc12. The molecule has 2 aromatic carbocycles. The number of anilines is 1. The monoisotopic (exact) mass is 363 g/mol. The maximum absolute atomic E-state index is 13.1. The highest BCUT2D eigenvalue weighted by Crippen LogP contribution is 2.39. The molecule has 0 bridgehead atoms. The molecule has 136 valence electrons. The molecule has 0 saturated heterocycles. The van der Waals surface area contributed by atoms with Crippen LogP contribution in [0.1, 0.15) is 12.5 Å². The minimum absolute atomic E-state index is 0.0116. The van der Waals surface area contributed by atoms with Crippen LogP contribution in [0.25, 0.3) is 22.0 Å². The maximum Gasteiger partial charge on any atom is 0.416 e. The van der Waals surface area contributed by atoms with Gasteiger partial charge in [0.1, 0.15) is 11.4 Å². The second kappa shape index (κ2) is 7.17.